The molecule has 0 aromatic rings. The molecule has 0 aliphatic heterocycles. The second-order valence-electron chi connectivity index (χ2n) is 26.1. The number of alkyl carbamates (subject to hydrolysis) is 2. The van der Waals surface area contributed by atoms with Crippen LogP contribution in [-0.4, -0.2) is 153 Å². The quantitative estimate of drug-likeness (QED) is 0.0183. The second-order valence-corrected chi connectivity index (χ2v) is 40.9. The van der Waals surface area contributed by atoms with Gasteiger partial charge in [0.1, 0.15) is 33.0 Å². The Morgan fingerprint density at radius 1 is 0.564 bits per heavy atom. The van der Waals surface area contributed by atoms with Gasteiger partial charge in [0, 0.05) is 71.0 Å². The maximum Gasteiger partial charge on any atom is 0.407 e. The van der Waals surface area contributed by atoms with E-state index >= 15 is 0 Å². The number of ether oxygens (including phenoxy) is 8. The van der Waals surface area contributed by atoms with Crippen LogP contribution >= 0.6 is 0 Å². The van der Waals surface area contributed by atoms with Crippen LogP contribution in [0.2, 0.25) is 57.5 Å². The third kappa shape index (κ3) is 35.9. The van der Waals surface area contributed by atoms with Crippen LogP contribution in [0, 0.1) is 21.7 Å². The van der Waals surface area contributed by atoms with Gasteiger partial charge in [0.2, 0.25) is 5.91 Å². The van der Waals surface area contributed by atoms with Crippen molar-refractivity contribution in [2.24, 2.45) is 21.7 Å². The van der Waals surface area contributed by atoms with Gasteiger partial charge in [-0.3, -0.25) is 9.59 Å². The topological polar surface area (TPSA) is 222 Å². The van der Waals surface area contributed by atoms with E-state index in [1.54, 1.807) is 21.0 Å². The molecule has 0 heterocycles. The molecule has 4 unspecified atom stereocenters. The Labute approximate surface area is 474 Å². The Hall–Kier alpha value is -3.61. The van der Waals surface area contributed by atoms with Crippen LogP contribution in [0.15, 0.2) is 24.3 Å². The lowest BCUT2D eigenvalue weighted by molar-refractivity contribution is -0.150. The van der Waals surface area contributed by atoms with Crippen molar-refractivity contribution in [1.82, 2.24) is 16.0 Å². The van der Waals surface area contributed by atoms with Crippen molar-refractivity contribution >= 4 is 60.7 Å². The van der Waals surface area contributed by atoms with Gasteiger partial charge >= 0.3 is 30.1 Å². The first-order chi connectivity index (χ1) is 35.5. The molecule has 3 amide bonds. The molecule has 2 aliphatic rings. The van der Waals surface area contributed by atoms with Crippen LogP contribution < -0.4 is 16.0 Å². The van der Waals surface area contributed by atoms with Gasteiger partial charge in [-0.2, -0.15) is 0 Å². The molecular formula is C57H109N3O15Si3. The summed E-state index contributed by atoms with van der Waals surface area (Å²) in [5.74, 6) is -1.27. The normalized spacial score (nSPS) is 20.7. The van der Waals surface area contributed by atoms with Crippen molar-refractivity contribution in [3.05, 3.63) is 24.3 Å². The molecule has 18 nitrogen and oxygen atoms in total. The number of hydrogen-bond acceptors (Lipinski definition) is 15. The van der Waals surface area contributed by atoms with E-state index < -0.39 is 48.8 Å². The Morgan fingerprint density at radius 2 is 1.04 bits per heavy atom. The third-order valence-corrected chi connectivity index (χ3v) is 26.8. The summed E-state index contributed by atoms with van der Waals surface area (Å²) in [6.45, 7) is 42.9. The highest BCUT2D eigenvalue weighted by atomic mass is 28.4. The molecule has 21 heteroatoms. The molecule has 0 spiro atoms. The van der Waals surface area contributed by atoms with Gasteiger partial charge in [-0.25, -0.2) is 19.2 Å². The number of esters is 3. The Kier molecular flexibility index (Phi) is 33.7. The standard InChI is InChI=1S/C31H62N2O8Si3.C25H43NO7.CH4/c1-25(2)27(34)38-17-18-39-28(35)32-23-31(5)21-26(20-30(3,4)22-31)33-29(36)40-16-15-37-14-13-19-43(9,10)24-44(11,12)41-42(6,7)8;1-19(2)23(29)33-15-14-32-22(28)9-10-25(5)17-20(16-24(3,4)18-25)26-21(27)8-7-11-31-13-12-30-6;/h26H,1,13-24H2,2-12H3,(H,32,35)(H,33,36);20H,1,7-18H2,2-6H3,(H,26,27);1H4. The lowest BCUT2D eigenvalue weighted by Crippen LogP contribution is -2.50. The number of nitrogens with one attached hydrogen (secondary N) is 3. The van der Waals surface area contributed by atoms with Crippen LogP contribution in [0.1, 0.15) is 133 Å². The van der Waals surface area contributed by atoms with Crippen LogP contribution in [0.25, 0.3) is 0 Å². The fourth-order valence-corrected chi connectivity index (χ4v) is 30.2. The minimum absolute atomic E-state index is 0. The van der Waals surface area contributed by atoms with Crippen molar-refractivity contribution in [2.45, 2.75) is 203 Å². The zero-order chi connectivity index (χ0) is 58.7. The molecular weight excluding hydrogens is 1050 g/mol. The van der Waals surface area contributed by atoms with Crippen molar-refractivity contribution in [2.75, 3.05) is 79.7 Å². The van der Waals surface area contributed by atoms with Gasteiger partial charge in [0.05, 0.1) is 19.8 Å². The highest BCUT2D eigenvalue weighted by Gasteiger charge is 2.43. The summed E-state index contributed by atoms with van der Waals surface area (Å²) in [7, 11) is -2.91. The van der Waals surface area contributed by atoms with Crippen LogP contribution in [0.5, 0.6) is 0 Å². The monoisotopic (exact) mass is 1160 g/mol. The third-order valence-electron chi connectivity index (χ3n) is 13.2. The summed E-state index contributed by atoms with van der Waals surface area (Å²) < 4.78 is 48.3. The highest BCUT2D eigenvalue weighted by Crippen LogP contribution is 2.49. The summed E-state index contributed by atoms with van der Waals surface area (Å²) in [4.78, 5) is 72.1. The molecule has 454 valence electrons. The summed E-state index contributed by atoms with van der Waals surface area (Å²) >= 11 is 0. The Balaban J connectivity index is 0.00000156. The smallest absolute Gasteiger partial charge is 0.407 e. The summed E-state index contributed by atoms with van der Waals surface area (Å²) in [6, 6.07) is 1.20. The average molecular weight is 1160 g/mol. The van der Waals surface area contributed by atoms with E-state index in [0.717, 1.165) is 38.5 Å². The van der Waals surface area contributed by atoms with E-state index in [0.29, 0.717) is 82.8 Å². The van der Waals surface area contributed by atoms with Gasteiger partial charge in [-0.1, -0.05) is 81.3 Å². The Morgan fingerprint density at radius 3 is 1.59 bits per heavy atom. The number of carbonyl (C=O) groups is 6. The maximum absolute atomic E-state index is 12.6. The zero-order valence-electron chi connectivity index (χ0n) is 50.7. The van der Waals surface area contributed by atoms with Crippen LogP contribution in [-0.2, 0) is 61.2 Å². The minimum atomic E-state index is -1.65. The van der Waals surface area contributed by atoms with E-state index in [4.69, 9.17) is 42.0 Å². The molecule has 3 N–H and O–H groups in total. The van der Waals surface area contributed by atoms with Gasteiger partial charge in [0.15, 0.2) is 16.6 Å². The number of methoxy groups -OCH3 is 1. The lowest BCUT2D eigenvalue weighted by Gasteiger charge is -2.47. The predicted octanol–water partition coefficient (Wildman–Crippen LogP) is 11.1. The molecule has 0 aromatic carbocycles. The van der Waals surface area contributed by atoms with Crippen molar-refractivity contribution in [1.29, 1.82) is 0 Å². The van der Waals surface area contributed by atoms with E-state index in [-0.39, 0.29) is 86.1 Å². The number of rotatable bonds is 33. The summed E-state index contributed by atoms with van der Waals surface area (Å²) in [5, 5.41) is 9.04. The summed E-state index contributed by atoms with van der Waals surface area (Å²) in [6.07, 6.45) is 7.19. The second kappa shape index (κ2) is 35.3. The first-order valence-corrected chi connectivity index (χ1v) is 37.7. The van der Waals surface area contributed by atoms with Gasteiger partial charge in [0.25, 0.3) is 0 Å². The van der Waals surface area contributed by atoms with Gasteiger partial charge in [-0.15, -0.1) is 0 Å². The van der Waals surface area contributed by atoms with Crippen molar-refractivity contribution in [3.8, 4) is 0 Å². The van der Waals surface area contributed by atoms with Crippen molar-refractivity contribution in [3.63, 3.8) is 0 Å². The number of amides is 3. The van der Waals surface area contributed by atoms with Gasteiger partial charge in [-0.05, 0) is 132 Å². The first kappa shape index (κ1) is 74.4. The van der Waals surface area contributed by atoms with Gasteiger partial charge < -0.3 is 58.0 Å². The Bertz CT molecular complexity index is 1890. The molecule has 4 atom stereocenters. The predicted molar refractivity (Wildman–Crippen MR) is 316 cm³/mol. The number of carbonyl (C=O) groups excluding carboxylic acids is 6. The largest absolute Gasteiger partial charge is 0.462 e. The minimum Gasteiger partial charge on any atom is -0.462 e. The molecule has 2 saturated carbocycles. The van der Waals surface area contributed by atoms with E-state index in [9.17, 15) is 28.8 Å². The molecule has 2 aliphatic carbocycles. The summed E-state index contributed by atoms with van der Waals surface area (Å²) in [5.41, 5.74) is 1.57. The molecule has 0 bridgehead atoms. The lowest BCUT2D eigenvalue weighted by atomic mass is 9.61. The molecule has 78 heavy (non-hydrogen) atoms. The molecule has 2 rings (SSSR count). The van der Waals surface area contributed by atoms with Crippen LogP contribution in [0.3, 0.4) is 0 Å². The van der Waals surface area contributed by atoms with E-state index in [2.05, 4.69) is 116 Å². The van der Waals surface area contributed by atoms with Crippen LogP contribution in [0.4, 0.5) is 9.59 Å². The fourth-order valence-electron chi connectivity index (χ4n) is 11.6. The van der Waals surface area contributed by atoms with Crippen molar-refractivity contribution < 1.29 is 70.8 Å². The highest BCUT2D eigenvalue weighted by molar-refractivity contribution is 6.95. The molecule has 0 radical (unpaired) electrons. The van der Waals surface area contributed by atoms with E-state index in [1.807, 2.05) is 0 Å². The molecule has 0 aromatic heterocycles. The average Bonchev–Trinajstić information content (AvgIpc) is 3.26. The number of hydrogen-bond donors (Lipinski definition) is 3. The first-order valence-electron chi connectivity index (χ1n) is 27.8. The SMILES string of the molecule is C.C=C(C)C(=O)OCCOC(=O)CCC1(C)CC(NC(=O)CCCOCCOC)CC(C)(C)C1.C=C(C)C(=O)OCCOC(=O)NCC1(C)CC(NC(=O)OCCOCCC[Si](C)(C)C[Si](C)(C)O[Si](C)(C)C)CC(C)(C)C1. The maximum atomic E-state index is 12.6. The fraction of sp³-hybridized carbons (Fsp3) is 0.825. The zero-order valence-corrected chi connectivity index (χ0v) is 53.7. The molecule has 0 saturated heterocycles. The van der Waals surface area contributed by atoms with E-state index in [1.165, 1.54) is 11.7 Å². The molecule has 2 fully saturated rings.